The highest BCUT2D eigenvalue weighted by atomic mass is 32.2. The average Bonchev–Trinajstić information content (AvgIpc) is 2.29. The lowest BCUT2D eigenvalue weighted by Gasteiger charge is -2.31. The van der Waals surface area contributed by atoms with Gasteiger partial charge in [0.25, 0.3) is 0 Å². The van der Waals surface area contributed by atoms with Gasteiger partial charge in [-0.25, -0.2) is 13.0 Å². The van der Waals surface area contributed by atoms with E-state index in [2.05, 4.69) is 4.52 Å². The maximum Gasteiger partial charge on any atom is 0.469 e. The van der Waals surface area contributed by atoms with Gasteiger partial charge < -0.3 is 14.5 Å². The third-order valence-electron chi connectivity index (χ3n) is 2.90. The van der Waals surface area contributed by atoms with E-state index in [1.807, 2.05) is 6.92 Å². The molecule has 0 fully saturated rings. The Labute approximate surface area is 133 Å². The molecule has 10 heteroatoms. The highest BCUT2D eigenvalue weighted by Crippen LogP contribution is 2.36. The Kier molecular flexibility index (Phi) is 9.31. The van der Waals surface area contributed by atoms with Crippen molar-refractivity contribution < 1.29 is 32.0 Å². The molecular formula is C12H28NO7PS. The molecule has 0 spiro atoms. The zero-order valence-corrected chi connectivity index (χ0v) is 15.5. The van der Waals surface area contributed by atoms with Crippen molar-refractivity contribution in [2.75, 3.05) is 19.4 Å². The van der Waals surface area contributed by atoms with Gasteiger partial charge in [0.1, 0.15) is 0 Å². The third kappa shape index (κ3) is 9.89. The Balaban J connectivity index is 5.06. The van der Waals surface area contributed by atoms with Crippen molar-refractivity contribution in [3.63, 3.8) is 0 Å². The van der Waals surface area contributed by atoms with Crippen molar-refractivity contribution in [3.8, 4) is 0 Å². The van der Waals surface area contributed by atoms with Crippen molar-refractivity contribution in [1.82, 2.24) is 4.31 Å². The molecule has 0 aromatic heterocycles. The van der Waals surface area contributed by atoms with Gasteiger partial charge in [0.15, 0.2) is 0 Å². The predicted molar refractivity (Wildman–Crippen MR) is 83.9 cm³/mol. The van der Waals surface area contributed by atoms with Crippen LogP contribution in [0.1, 0.15) is 40.5 Å². The second-order valence-electron chi connectivity index (χ2n) is 5.56. The van der Waals surface area contributed by atoms with Crippen LogP contribution in [0.25, 0.3) is 0 Å². The van der Waals surface area contributed by atoms with Gasteiger partial charge in [-0.3, -0.25) is 4.52 Å². The van der Waals surface area contributed by atoms with Gasteiger partial charge in [-0.15, -0.1) is 0 Å². The average molecular weight is 361 g/mol. The lowest BCUT2D eigenvalue weighted by atomic mass is 10.2. The maximum atomic E-state index is 11.9. The minimum Gasteiger partial charge on any atom is -0.372 e. The molecular weight excluding hydrogens is 333 g/mol. The summed E-state index contributed by atoms with van der Waals surface area (Å²) >= 11 is 0. The summed E-state index contributed by atoms with van der Waals surface area (Å²) in [5.41, 5.74) is 0. The van der Waals surface area contributed by atoms with Crippen molar-refractivity contribution in [3.05, 3.63) is 0 Å². The van der Waals surface area contributed by atoms with Crippen molar-refractivity contribution in [2.24, 2.45) is 0 Å². The molecule has 0 heterocycles. The van der Waals surface area contributed by atoms with Gasteiger partial charge in [-0.1, -0.05) is 13.3 Å². The van der Waals surface area contributed by atoms with E-state index in [0.717, 1.165) is 12.7 Å². The monoisotopic (exact) mass is 361 g/mol. The first-order valence-electron chi connectivity index (χ1n) is 7.19. The van der Waals surface area contributed by atoms with Crippen LogP contribution in [-0.2, 0) is 23.8 Å². The molecule has 0 aliphatic carbocycles. The molecule has 0 aliphatic heterocycles. The minimum atomic E-state index is -4.63. The van der Waals surface area contributed by atoms with Crippen LogP contribution in [0.5, 0.6) is 0 Å². The smallest absolute Gasteiger partial charge is 0.372 e. The molecule has 134 valence electrons. The quantitative estimate of drug-likeness (QED) is 0.534. The number of hydrogen-bond donors (Lipinski definition) is 2. The van der Waals surface area contributed by atoms with Gasteiger partial charge in [0.2, 0.25) is 10.0 Å². The molecule has 0 saturated heterocycles. The SMILES string of the molecule is CCCC(C)N(CC(COP(=O)(O)O)OC(C)C)S(C)(=O)=O. The highest BCUT2D eigenvalue weighted by Gasteiger charge is 2.28. The first-order valence-corrected chi connectivity index (χ1v) is 10.6. The zero-order valence-electron chi connectivity index (χ0n) is 13.8. The number of rotatable bonds is 11. The third-order valence-corrected chi connectivity index (χ3v) is 4.75. The molecule has 22 heavy (non-hydrogen) atoms. The predicted octanol–water partition coefficient (Wildman–Crippen LogP) is 1.34. The molecule has 0 aromatic rings. The van der Waals surface area contributed by atoms with Crippen LogP contribution in [0.15, 0.2) is 0 Å². The minimum absolute atomic E-state index is 0.0157. The van der Waals surface area contributed by atoms with Crippen molar-refractivity contribution in [2.45, 2.75) is 58.8 Å². The second kappa shape index (κ2) is 9.32. The molecule has 0 aliphatic rings. The molecule has 2 N–H and O–H groups in total. The first-order chi connectivity index (χ1) is 9.86. The summed E-state index contributed by atoms with van der Waals surface area (Å²) in [6, 6.07) is -0.228. The van der Waals surface area contributed by atoms with E-state index < -0.39 is 23.9 Å². The zero-order chi connectivity index (χ0) is 17.6. The van der Waals surface area contributed by atoms with E-state index in [1.54, 1.807) is 20.8 Å². The summed E-state index contributed by atoms with van der Waals surface area (Å²) in [6.07, 6.45) is 1.62. The van der Waals surface area contributed by atoms with E-state index in [1.165, 1.54) is 4.31 Å². The maximum absolute atomic E-state index is 11.9. The first kappa shape index (κ1) is 22.0. The Morgan fingerprint density at radius 1 is 1.23 bits per heavy atom. The lowest BCUT2D eigenvalue weighted by Crippen LogP contribution is -2.45. The van der Waals surface area contributed by atoms with E-state index in [4.69, 9.17) is 14.5 Å². The molecule has 0 saturated carbocycles. The number of phosphoric acid groups is 1. The van der Waals surface area contributed by atoms with Crippen LogP contribution in [0, 0.1) is 0 Å². The second-order valence-corrected chi connectivity index (χ2v) is 8.74. The number of nitrogens with zero attached hydrogens (tertiary/aromatic N) is 1. The number of phosphoric ester groups is 1. The molecule has 0 bridgehead atoms. The van der Waals surface area contributed by atoms with Crippen LogP contribution < -0.4 is 0 Å². The molecule has 8 nitrogen and oxygen atoms in total. The summed E-state index contributed by atoms with van der Waals surface area (Å²) in [6.45, 7) is 6.86. The van der Waals surface area contributed by atoms with E-state index in [9.17, 15) is 13.0 Å². The van der Waals surface area contributed by atoms with Gasteiger partial charge in [-0.05, 0) is 27.2 Å². The largest absolute Gasteiger partial charge is 0.469 e. The summed E-state index contributed by atoms with van der Waals surface area (Å²) in [5, 5.41) is 0. The standard InChI is InChI=1S/C12H28NO7PS/c1-6-7-11(4)13(22(5,17)18)8-12(20-10(2)3)9-19-21(14,15)16/h10-12H,6-9H2,1-5H3,(H2,14,15,16). The summed E-state index contributed by atoms with van der Waals surface area (Å²) in [5.74, 6) is 0. The summed E-state index contributed by atoms with van der Waals surface area (Å²) < 4.78 is 46.0. The molecule has 0 radical (unpaired) electrons. The van der Waals surface area contributed by atoms with E-state index >= 15 is 0 Å². The van der Waals surface area contributed by atoms with Crippen LogP contribution in [-0.4, -0.2) is 60.2 Å². The van der Waals surface area contributed by atoms with Crippen molar-refractivity contribution >= 4 is 17.8 Å². The Bertz CT molecular complexity index is 462. The Hall–Kier alpha value is -0.0200. The lowest BCUT2D eigenvalue weighted by molar-refractivity contribution is -0.0326. The molecule has 0 amide bonds. The molecule has 0 aromatic carbocycles. The number of ether oxygens (including phenoxy) is 1. The summed E-state index contributed by atoms with van der Waals surface area (Å²) in [7, 11) is -8.10. The molecule has 2 unspecified atom stereocenters. The highest BCUT2D eigenvalue weighted by molar-refractivity contribution is 7.88. The molecule has 2 atom stereocenters. The fraction of sp³-hybridized carbons (Fsp3) is 1.00. The Morgan fingerprint density at radius 2 is 1.77 bits per heavy atom. The number of hydrogen-bond acceptors (Lipinski definition) is 5. The van der Waals surface area contributed by atoms with Crippen LogP contribution >= 0.6 is 7.82 Å². The normalized spacial score (nSPS) is 16.2. The van der Waals surface area contributed by atoms with Crippen LogP contribution in [0.2, 0.25) is 0 Å². The van der Waals surface area contributed by atoms with Crippen molar-refractivity contribution in [1.29, 1.82) is 0 Å². The Morgan fingerprint density at radius 3 is 2.14 bits per heavy atom. The fourth-order valence-corrected chi connectivity index (χ4v) is 3.66. The summed E-state index contributed by atoms with van der Waals surface area (Å²) in [4.78, 5) is 17.6. The van der Waals surface area contributed by atoms with E-state index in [0.29, 0.717) is 6.42 Å². The topological polar surface area (TPSA) is 113 Å². The van der Waals surface area contributed by atoms with Gasteiger partial charge in [0.05, 0.1) is 25.1 Å². The van der Waals surface area contributed by atoms with Gasteiger partial charge in [-0.2, -0.15) is 4.31 Å². The fourth-order valence-electron chi connectivity index (χ4n) is 2.10. The molecule has 0 rings (SSSR count). The van der Waals surface area contributed by atoms with E-state index in [-0.39, 0.29) is 25.3 Å². The van der Waals surface area contributed by atoms with Crippen LogP contribution in [0.4, 0.5) is 0 Å². The number of sulfonamides is 1. The van der Waals surface area contributed by atoms with Crippen LogP contribution in [0.3, 0.4) is 0 Å². The van der Waals surface area contributed by atoms with Gasteiger partial charge in [0, 0.05) is 12.6 Å². The van der Waals surface area contributed by atoms with Gasteiger partial charge >= 0.3 is 7.82 Å².